The van der Waals surface area contributed by atoms with Crippen LogP contribution in [0, 0.1) is 20.8 Å². The first kappa shape index (κ1) is 26.9. The Morgan fingerprint density at radius 3 is 2.29 bits per heavy atom. The van der Waals surface area contributed by atoms with Crippen LogP contribution >= 0.6 is 0 Å². The number of benzene rings is 3. The van der Waals surface area contributed by atoms with Gasteiger partial charge in [0.2, 0.25) is 0 Å². The van der Waals surface area contributed by atoms with Gasteiger partial charge in [0.15, 0.2) is 0 Å². The highest BCUT2D eigenvalue weighted by Gasteiger charge is 2.28. The van der Waals surface area contributed by atoms with E-state index in [9.17, 15) is 13.2 Å². The molecule has 196 valence electrons. The second-order valence-electron chi connectivity index (χ2n) is 9.10. The Morgan fingerprint density at radius 2 is 1.61 bits per heavy atom. The molecule has 0 bridgehead atoms. The van der Waals surface area contributed by atoms with Crippen molar-refractivity contribution in [2.24, 2.45) is 5.10 Å². The van der Waals surface area contributed by atoms with Crippen molar-refractivity contribution in [3.63, 3.8) is 0 Å². The predicted octanol–water partition coefficient (Wildman–Crippen LogP) is 5.31. The summed E-state index contributed by atoms with van der Waals surface area (Å²) < 4.78 is 30.6. The molecular formula is C30H32N4O3S. The molecule has 0 spiro atoms. The second kappa shape index (κ2) is 11.5. The van der Waals surface area contributed by atoms with E-state index >= 15 is 0 Å². The average molecular weight is 529 g/mol. The number of rotatable bonds is 9. The monoisotopic (exact) mass is 528 g/mol. The molecule has 0 aliphatic heterocycles. The van der Waals surface area contributed by atoms with Crippen LogP contribution in [0.15, 0.2) is 94.9 Å². The number of nitrogens with one attached hydrogen (secondary N) is 1. The number of aromatic nitrogens is 1. The minimum absolute atomic E-state index is 0.124. The van der Waals surface area contributed by atoms with Gasteiger partial charge in [0.05, 0.1) is 16.8 Å². The molecule has 1 N–H and O–H groups in total. The number of amides is 1. The maximum absolute atomic E-state index is 13.7. The van der Waals surface area contributed by atoms with Crippen molar-refractivity contribution in [2.75, 3.05) is 10.8 Å². The fourth-order valence-corrected chi connectivity index (χ4v) is 5.88. The fourth-order valence-electron chi connectivity index (χ4n) is 4.42. The van der Waals surface area contributed by atoms with Crippen molar-refractivity contribution in [1.82, 2.24) is 9.99 Å². The third-order valence-electron chi connectivity index (χ3n) is 6.41. The van der Waals surface area contributed by atoms with E-state index in [1.165, 1.54) is 0 Å². The summed E-state index contributed by atoms with van der Waals surface area (Å²) in [5.74, 6) is -0.542. The molecule has 0 saturated heterocycles. The van der Waals surface area contributed by atoms with E-state index in [2.05, 4.69) is 15.1 Å². The maximum Gasteiger partial charge on any atom is 0.264 e. The third-order valence-corrected chi connectivity index (χ3v) is 8.19. The van der Waals surface area contributed by atoms with Gasteiger partial charge >= 0.3 is 0 Å². The summed E-state index contributed by atoms with van der Waals surface area (Å²) in [4.78, 5) is 13.1. The summed E-state index contributed by atoms with van der Waals surface area (Å²) in [5, 5.41) is 4.15. The molecule has 1 amide bonds. The number of carbonyl (C=O) groups is 1. The van der Waals surface area contributed by atoms with Crippen LogP contribution in [0.5, 0.6) is 0 Å². The van der Waals surface area contributed by atoms with Gasteiger partial charge in [-0.05, 0) is 69.2 Å². The second-order valence-corrected chi connectivity index (χ2v) is 11.0. The van der Waals surface area contributed by atoms with Crippen molar-refractivity contribution in [3.05, 3.63) is 113 Å². The number of carbonyl (C=O) groups excluding carboxylic acids is 1. The van der Waals surface area contributed by atoms with Gasteiger partial charge in [-0.1, -0.05) is 61.0 Å². The van der Waals surface area contributed by atoms with Crippen molar-refractivity contribution in [2.45, 2.75) is 39.0 Å². The Labute approximate surface area is 224 Å². The molecule has 1 aromatic heterocycles. The molecule has 7 nitrogen and oxygen atoms in total. The third kappa shape index (κ3) is 5.70. The van der Waals surface area contributed by atoms with Crippen LogP contribution in [0.25, 0.3) is 5.69 Å². The summed E-state index contributed by atoms with van der Waals surface area (Å²) in [6.45, 7) is 7.43. The Bertz CT molecular complexity index is 1560. The Kier molecular flexibility index (Phi) is 8.12. The fraction of sp³-hybridized carbons (Fsp3) is 0.200. The minimum Gasteiger partial charge on any atom is -0.318 e. The largest absolute Gasteiger partial charge is 0.318 e. The summed E-state index contributed by atoms with van der Waals surface area (Å²) in [6.07, 6.45) is 2.20. The van der Waals surface area contributed by atoms with Gasteiger partial charge in [-0.25, -0.2) is 13.8 Å². The van der Waals surface area contributed by atoms with Gasteiger partial charge in [-0.2, -0.15) is 5.10 Å². The van der Waals surface area contributed by atoms with Gasteiger partial charge in [0.25, 0.3) is 15.9 Å². The van der Waals surface area contributed by atoms with Gasteiger partial charge < -0.3 is 4.57 Å². The summed E-state index contributed by atoms with van der Waals surface area (Å²) in [5.41, 5.74) is 8.67. The highest BCUT2D eigenvalue weighted by molar-refractivity contribution is 7.92. The van der Waals surface area contributed by atoms with Crippen LogP contribution in [0.3, 0.4) is 0 Å². The lowest BCUT2D eigenvalue weighted by molar-refractivity contribution is -0.119. The molecular weight excluding hydrogens is 496 g/mol. The molecule has 0 atom stereocenters. The SMILES string of the molecule is CCc1ccccc1N(CC(=O)N/N=C/c1cc(C)n(-c2ccccc2)c1C)S(=O)(=O)c1ccc(C)cc1. The number of sulfonamides is 1. The topological polar surface area (TPSA) is 83.8 Å². The number of hydrogen-bond acceptors (Lipinski definition) is 4. The maximum atomic E-state index is 13.7. The highest BCUT2D eigenvalue weighted by Crippen LogP contribution is 2.27. The molecule has 4 rings (SSSR count). The number of para-hydroxylation sites is 2. The highest BCUT2D eigenvalue weighted by atomic mass is 32.2. The van der Waals surface area contributed by atoms with Crippen LogP contribution in [-0.4, -0.2) is 31.7 Å². The van der Waals surface area contributed by atoms with Crippen LogP contribution in [0.1, 0.15) is 35.0 Å². The van der Waals surface area contributed by atoms with Gasteiger partial charge in [-0.3, -0.25) is 9.10 Å². The molecule has 0 fully saturated rings. The lowest BCUT2D eigenvalue weighted by Gasteiger charge is -2.25. The summed E-state index contributed by atoms with van der Waals surface area (Å²) >= 11 is 0. The number of aryl methyl sites for hydroxylation is 3. The van der Waals surface area contributed by atoms with E-state index in [0.29, 0.717) is 12.1 Å². The number of hydrogen-bond donors (Lipinski definition) is 1. The molecule has 38 heavy (non-hydrogen) atoms. The van der Waals surface area contributed by atoms with Crippen LogP contribution in [0.4, 0.5) is 5.69 Å². The van der Waals surface area contributed by atoms with Crippen molar-refractivity contribution in [3.8, 4) is 5.69 Å². The van der Waals surface area contributed by atoms with Crippen LogP contribution < -0.4 is 9.73 Å². The molecule has 0 saturated carbocycles. The quantitative estimate of drug-likeness (QED) is 0.236. The van der Waals surface area contributed by atoms with Crippen molar-refractivity contribution in [1.29, 1.82) is 0 Å². The molecule has 0 unspecified atom stereocenters. The first-order valence-corrected chi connectivity index (χ1v) is 13.9. The Hall–Kier alpha value is -4.17. The standard InChI is InChI=1S/C30H32N4O3S/c1-5-25-11-9-10-14-29(25)33(38(36,37)28-17-15-22(2)16-18-28)21-30(35)32-31-20-26-19-23(3)34(24(26)4)27-12-7-6-8-13-27/h6-20H,5,21H2,1-4H3,(H,32,35)/b31-20+. The number of hydrazone groups is 1. The van der Waals surface area contributed by atoms with E-state index in [0.717, 1.165) is 38.1 Å². The van der Waals surface area contributed by atoms with Gasteiger partial charge in [0, 0.05) is 22.6 Å². The molecule has 3 aromatic carbocycles. The van der Waals surface area contributed by atoms with E-state index < -0.39 is 22.5 Å². The average Bonchev–Trinajstić information content (AvgIpc) is 3.20. The zero-order chi connectivity index (χ0) is 27.3. The first-order chi connectivity index (χ1) is 18.2. The van der Waals surface area contributed by atoms with Crippen molar-refractivity contribution < 1.29 is 13.2 Å². The summed E-state index contributed by atoms with van der Waals surface area (Å²) in [6, 6.07) is 25.8. The van der Waals surface area contributed by atoms with Crippen molar-refractivity contribution >= 4 is 27.8 Å². The van der Waals surface area contributed by atoms with E-state index in [-0.39, 0.29) is 4.90 Å². The first-order valence-electron chi connectivity index (χ1n) is 12.5. The summed E-state index contributed by atoms with van der Waals surface area (Å²) in [7, 11) is -4.00. The smallest absolute Gasteiger partial charge is 0.264 e. The lowest BCUT2D eigenvalue weighted by Crippen LogP contribution is -2.40. The number of anilines is 1. The Morgan fingerprint density at radius 1 is 0.947 bits per heavy atom. The van der Waals surface area contributed by atoms with Gasteiger partial charge in [0.1, 0.15) is 6.54 Å². The number of nitrogens with zero attached hydrogens (tertiary/aromatic N) is 3. The molecule has 1 heterocycles. The van der Waals surface area contributed by atoms with Gasteiger partial charge in [-0.15, -0.1) is 0 Å². The molecule has 0 aliphatic carbocycles. The van der Waals surface area contributed by atoms with E-state index in [1.807, 2.05) is 76.2 Å². The Balaban J connectivity index is 1.58. The normalized spacial score (nSPS) is 11.6. The lowest BCUT2D eigenvalue weighted by atomic mass is 10.1. The van der Waals surface area contributed by atoms with Crippen LogP contribution in [-0.2, 0) is 21.2 Å². The van der Waals surface area contributed by atoms with E-state index in [1.54, 1.807) is 42.6 Å². The molecule has 4 aromatic rings. The van der Waals surface area contributed by atoms with E-state index in [4.69, 9.17) is 0 Å². The molecule has 0 radical (unpaired) electrons. The molecule has 8 heteroatoms. The predicted molar refractivity (Wildman–Crippen MR) is 153 cm³/mol. The van der Waals surface area contributed by atoms with Crippen LogP contribution in [0.2, 0.25) is 0 Å². The zero-order valence-corrected chi connectivity index (χ0v) is 22.9. The molecule has 0 aliphatic rings. The zero-order valence-electron chi connectivity index (χ0n) is 22.0. The minimum atomic E-state index is -4.00.